The summed E-state index contributed by atoms with van der Waals surface area (Å²) in [5.74, 6) is 0.0599. The zero-order chi connectivity index (χ0) is 27.4. The van der Waals surface area contributed by atoms with Crippen LogP contribution in [0.4, 0.5) is 22.2 Å². The van der Waals surface area contributed by atoms with Gasteiger partial charge in [0.15, 0.2) is 17.5 Å². The van der Waals surface area contributed by atoms with Crippen molar-refractivity contribution in [1.29, 1.82) is 0 Å². The second-order valence-electron chi connectivity index (χ2n) is 9.42. The number of nitrogens with zero attached hydrogens (tertiary/aromatic N) is 5. The molecule has 15 heteroatoms. The van der Waals surface area contributed by atoms with Gasteiger partial charge in [0.05, 0.1) is 16.8 Å². The van der Waals surface area contributed by atoms with Gasteiger partial charge in [0.2, 0.25) is 0 Å². The van der Waals surface area contributed by atoms with Crippen LogP contribution in [0, 0.1) is 0 Å². The predicted octanol–water partition coefficient (Wildman–Crippen LogP) is 0.865. The number of hydrogen-bond acceptors (Lipinski definition) is 8. The molecule has 202 valence electrons. The minimum Gasteiger partial charge on any atom is -0.382 e. The molecule has 2 aliphatic heterocycles. The number of aromatic nitrogens is 3. The number of likely N-dealkylation sites (tertiary alicyclic amines) is 1. The summed E-state index contributed by atoms with van der Waals surface area (Å²) in [4.78, 5) is 55.8. The molecule has 4 rings (SSSR count). The van der Waals surface area contributed by atoms with Crippen LogP contribution in [-0.4, -0.2) is 74.9 Å². The molecule has 2 aromatic rings. The quantitative estimate of drug-likeness (QED) is 0.202. The van der Waals surface area contributed by atoms with Gasteiger partial charge in [0.25, 0.3) is 5.91 Å². The third-order valence-corrected chi connectivity index (χ3v) is 6.95. The predicted molar refractivity (Wildman–Crippen MR) is 151 cm³/mol. The lowest BCUT2D eigenvalue weighted by Crippen LogP contribution is -2.53. The van der Waals surface area contributed by atoms with Gasteiger partial charge in [-0.05, 0) is 38.8 Å². The first-order valence-electron chi connectivity index (χ1n) is 12.0. The van der Waals surface area contributed by atoms with Gasteiger partial charge in [0, 0.05) is 36.3 Å². The topological polar surface area (TPSA) is 206 Å². The maximum absolute atomic E-state index is 13.0. The molecule has 0 aliphatic carbocycles. The largest absolute Gasteiger partial charge is 0.382 e. The van der Waals surface area contributed by atoms with Gasteiger partial charge in [-0.2, -0.15) is 4.99 Å². The lowest BCUT2D eigenvalue weighted by molar-refractivity contribution is 0.0668. The Morgan fingerprint density at radius 2 is 1.92 bits per heavy atom. The number of alkyl halides is 1. The fraction of sp³-hybridized carbons (Fsp3) is 0.435. The van der Waals surface area contributed by atoms with Crippen molar-refractivity contribution in [3.05, 3.63) is 35.3 Å². The van der Waals surface area contributed by atoms with E-state index in [1.165, 1.54) is 6.20 Å². The van der Waals surface area contributed by atoms with Crippen LogP contribution in [0.25, 0.3) is 0 Å². The summed E-state index contributed by atoms with van der Waals surface area (Å²) in [6, 6.07) is 2.88. The molecule has 0 radical (unpaired) electrons. The maximum atomic E-state index is 13.0. The number of anilines is 3. The summed E-state index contributed by atoms with van der Waals surface area (Å²) >= 11 is 2.08. The van der Waals surface area contributed by atoms with Crippen molar-refractivity contribution in [3.8, 4) is 0 Å². The molecule has 4 heterocycles. The monoisotopic (exact) mass is 635 g/mol. The van der Waals surface area contributed by atoms with E-state index in [1.54, 1.807) is 17.0 Å². The van der Waals surface area contributed by atoms with E-state index in [9.17, 15) is 14.4 Å². The first-order chi connectivity index (χ1) is 18.1. The summed E-state index contributed by atoms with van der Waals surface area (Å²) in [5, 5.41) is 11.8. The molecule has 2 saturated heterocycles. The number of aliphatic imine (C=N–C) groups is 1. The van der Waals surface area contributed by atoms with Crippen LogP contribution in [0.5, 0.6) is 0 Å². The second-order valence-corrected chi connectivity index (χ2v) is 10.2. The lowest BCUT2D eigenvalue weighted by Gasteiger charge is -2.38. The number of carbonyl (C=O) groups excluding carboxylic acids is 3. The van der Waals surface area contributed by atoms with E-state index >= 15 is 0 Å². The number of nitrogens with one attached hydrogen (secondary N) is 4. The highest BCUT2D eigenvalue weighted by atomic mass is 127. The number of carbonyl (C=O) groups is 3. The number of nitrogens with two attached hydrogens (primary N) is 2. The Morgan fingerprint density at radius 3 is 2.55 bits per heavy atom. The van der Waals surface area contributed by atoms with Gasteiger partial charge in [-0.25, -0.2) is 19.7 Å². The highest BCUT2D eigenvalue weighted by molar-refractivity contribution is 14.1. The van der Waals surface area contributed by atoms with Crippen molar-refractivity contribution in [2.75, 3.05) is 36.4 Å². The van der Waals surface area contributed by atoms with E-state index < -0.39 is 5.91 Å². The Kier molecular flexibility index (Phi) is 8.13. The fourth-order valence-corrected chi connectivity index (χ4v) is 4.76. The van der Waals surface area contributed by atoms with Gasteiger partial charge in [-0.3, -0.25) is 14.9 Å². The van der Waals surface area contributed by atoms with Crippen LogP contribution in [-0.2, 0) is 4.43 Å². The molecule has 0 saturated carbocycles. The molecular weight excluding hydrogens is 605 g/mol. The smallest absolute Gasteiger partial charge is 0.320 e. The van der Waals surface area contributed by atoms with Crippen LogP contribution >= 0.6 is 22.6 Å². The zero-order valence-electron chi connectivity index (χ0n) is 21.0. The Balaban J connectivity index is 1.33. The van der Waals surface area contributed by atoms with Crippen molar-refractivity contribution >= 4 is 63.8 Å². The molecule has 4 amide bonds. The third kappa shape index (κ3) is 6.20. The first kappa shape index (κ1) is 27.3. The van der Waals surface area contributed by atoms with E-state index in [0.29, 0.717) is 59.9 Å². The van der Waals surface area contributed by atoms with Crippen LogP contribution in [0.2, 0.25) is 0 Å². The third-order valence-electron chi connectivity index (χ3n) is 6.23. The number of amides is 4. The van der Waals surface area contributed by atoms with Gasteiger partial charge >= 0.3 is 11.9 Å². The summed E-state index contributed by atoms with van der Waals surface area (Å²) in [6.07, 6.45) is 2.77. The van der Waals surface area contributed by atoms with Gasteiger partial charge in [-0.15, -0.1) is 0 Å². The van der Waals surface area contributed by atoms with Crippen LogP contribution < -0.4 is 32.7 Å². The molecule has 14 nitrogen and oxygen atoms in total. The average molecular weight is 635 g/mol. The van der Waals surface area contributed by atoms with E-state index in [1.807, 2.05) is 13.8 Å². The fourth-order valence-electron chi connectivity index (χ4n) is 4.20. The van der Waals surface area contributed by atoms with Gasteiger partial charge in [-0.1, -0.05) is 22.6 Å². The first-order valence-corrected chi connectivity index (χ1v) is 13.6. The summed E-state index contributed by atoms with van der Waals surface area (Å²) in [5.41, 5.74) is 12.2. The molecule has 2 aromatic heterocycles. The number of rotatable bonds is 5. The Bertz CT molecular complexity index is 1260. The molecule has 0 atom stereocenters. The van der Waals surface area contributed by atoms with E-state index in [0.717, 1.165) is 0 Å². The van der Waals surface area contributed by atoms with Gasteiger partial charge < -0.3 is 32.3 Å². The summed E-state index contributed by atoms with van der Waals surface area (Å²) in [7, 11) is 0. The molecule has 2 aliphatic rings. The van der Waals surface area contributed by atoms with Crippen molar-refractivity contribution in [2.45, 2.75) is 42.7 Å². The highest BCUT2D eigenvalue weighted by Gasteiger charge is 2.41. The van der Waals surface area contributed by atoms with Crippen LogP contribution in [0.1, 0.15) is 53.2 Å². The number of urea groups is 1. The molecule has 0 bridgehead atoms. The van der Waals surface area contributed by atoms with E-state index in [-0.39, 0.29) is 40.8 Å². The second kappa shape index (κ2) is 11.3. The summed E-state index contributed by atoms with van der Waals surface area (Å²) < 4.78 is 0.481. The zero-order valence-corrected chi connectivity index (χ0v) is 23.2. The Morgan fingerprint density at radius 1 is 1.18 bits per heavy atom. The Hall–Kier alpha value is -3.76. The molecule has 0 unspecified atom stereocenters. The molecule has 0 aromatic carbocycles. The number of piperidine rings is 1. The minimum atomic E-state index is -0.618. The van der Waals surface area contributed by atoms with Crippen molar-refractivity contribution in [1.82, 2.24) is 35.8 Å². The number of guanidine groups is 1. The van der Waals surface area contributed by atoms with Crippen molar-refractivity contribution in [2.24, 2.45) is 4.99 Å². The molecular formula is C23H30IN11O3. The molecule has 2 fully saturated rings. The van der Waals surface area contributed by atoms with Crippen molar-refractivity contribution < 1.29 is 14.4 Å². The average Bonchev–Trinajstić information content (AvgIpc) is 3.25. The van der Waals surface area contributed by atoms with Crippen LogP contribution in [0.3, 0.4) is 0 Å². The highest BCUT2D eigenvalue weighted by Crippen LogP contribution is 2.26. The number of nitrogen functional groups attached to an aromatic ring is 2. The van der Waals surface area contributed by atoms with E-state index in [4.69, 9.17) is 11.5 Å². The Labute approximate surface area is 233 Å². The SMILES string of the molecule is CC(C)NC(=O)Nc1ccc(C(=O)N2CCC3(CC2)CN/C(=N\C(=O)c2nc(CI)c(N)nc2N)N3)cn1. The summed E-state index contributed by atoms with van der Waals surface area (Å²) in [6.45, 7) is 5.30. The number of pyridine rings is 1. The molecule has 1 spiro atoms. The maximum Gasteiger partial charge on any atom is 0.320 e. The van der Waals surface area contributed by atoms with Crippen molar-refractivity contribution in [3.63, 3.8) is 0 Å². The molecule has 38 heavy (non-hydrogen) atoms. The van der Waals surface area contributed by atoms with Crippen LogP contribution in [0.15, 0.2) is 23.3 Å². The number of halogens is 1. The number of hydrogen-bond donors (Lipinski definition) is 6. The normalized spacial score (nSPS) is 17.3. The standard InChI is InChI=1S/C23H30IN11O3/c1-12(2)29-22(38)31-15-4-3-13(10-27-15)20(37)35-7-5-23(6-8-35)11-28-21(34-23)33-19(36)16-18(26)32-17(25)14(9-24)30-16/h3-4,10,12H,5-9,11H2,1-2H3,(H4,25,26,32)(H2,27,29,31,38)(H2,28,33,34,36). The minimum absolute atomic E-state index is 0.00351. The molecule has 8 N–H and O–H groups in total. The van der Waals surface area contributed by atoms with Gasteiger partial charge in [0.1, 0.15) is 11.6 Å². The lowest BCUT2D eigenvalue weighted by atomic mass is 9.88. The van der Waals surface area contributed by atoms with E-state index in [2.05, 4.69) is 63.8 Å².